The predicted octanol–water partition coefficient (Wildman–Crippen LogP) is 3.79. The molecule has 0 aliphatic rings. The summed E-state index contributed by atoms with van der Waals surface area (Å²) in [5.74, 6) is 3.16. The van der Waals surface area contributed by atoms with Gasteiger partial charge in [0.15, 0.2) is 0 Å². The van der Waals surface area contributed by atoms with Gasteiger partial charge >= 0.3 is 0 Å². The highest BCUT2D eigenvalue weighted by Gasteiger charge is 2.12. The van der Waals surface area contributed by atoms with Crippen molar-refractivity contribution in [1.82, 2.24) is 15.3 Å². The van der Waals surface area contributed by atoms with Gasteiger partial charge in [-0.1, -0.05) is 27.7 Å². The van der Waals surface area contributed by atoms with Crippen molar-refractivity contribution in [3.8, 4) is 0 Å². The minimum Gasteiger partial charge on any atom is -0.316 e. The average molecular weight is 310 g/mol. The maximum absolute atomic E-state index is 4.81. The summed E-state index contributed by atoms with van der Waals surface area (Å²) in [6.45, 7) is 10.9. The van der Waals surface area contributed by atoms with Gasteiger partial charge in [-0.05, 0) is 56.5 Å². The van der Waals surface area contributed by atoms with E-state index >= 15 is 0 Å². The molecule has 4 heteroatoms. The third kappa shape index (κ3) is 6.35. The molecular formula is C17H31N3S. The summed E-state index contributed by atoms with van der Waals surface area (Å²) in [4.78, 5) is 9.62. The second-order valence-corrected chi connectivity index (χ2v) is 6.38. The molecule has 0 spiro atoms. The van der Waals surface area contributed by atoms with Gasteiger partial charge in [-0.15, -0.1) is 0 Å². The van der Waals surface area contributed by atoms with Crippen LogP contribution in [0.4, 0.5) is 0 Å². The maximum Gasteiger partial charge on any atom is 0.138 e. The number of rotatable bonds is 11. The van der Waals surface area contributed by atoms with E-state index in [1.165, 1.54) is 35.5 Å². The Morgan fingerprint density at radius 2 is 1.57 bits per heavy atom. The van der Waals surface area contributed by atoms with E-state index in [2.05, 4.69) is 33.0 Å². The van der Waals surface area contributed by atoms with E-state index in [0.717, 1.165) is 43.9 Å². The van der Waals surface area contributed by atoms with E-state index in [-0.39, 0.29) is 0 Å². The van der Waals surface area contributed by atoms with Crippen LogP contribution >= 0.6 is 11.8 Å². The molecule has 1 aromatic rings. The van der Waals surface area contributed by atoms with Crippen molar-refractivity contribution < 1.29 is 0 Å². The molecule has 1 N–H and O–H groups in total. The van der Waals surface area contributed by atoms with Crippen molar-refractivity contribution in [2.75, 3.05) is 18.8 Å². The third-order valence-electron chi connectivity index (χ3n) is 3.45. The van der Waals surface area contributed by atoms with Crippen molar-refractivity contribution in [2.45, 2.75) is 65.6 Å². The Hall–Kier alpha value is -0.610. The molecule has 1 rings (SSSR count). The first-order valence-corrected chi connectivity index (χ1v) is 9.58. The molecule has 0 atom stereocenters. The van der Waals surface area contributed by atoms with E-state index in [4.69, 9.17) is 9.97 Å². The zero-order valence-corrected chi connectivity index (χ0v) is 15.0. The molecule has 120 valence electrons. The zero-order valence-electron chi connectivity index (χ0n) is 14.2. The highest BCUT2D eigenvalue weighted by molar-refractivity contribution is 7.98. The highest BCUT2D eigenvalue weighted by Crippen LogP contribution is 2.17. The molecule has 1 aromatic heterocycles. The number of hydrogen-bond donors (Lipinski definition) is 1. The van der Waals surface area contributed by atoms with Crippen LogP contribution in [0.1, 0.15) is 63.3 Å². The standard InChI is InChI=1S/C17H31N3S/c1-5-10-18-11-9-14-15(7-3)19-17(13-21-12-6-2)20-16(14)8-4/h18H,5-13H2,1-4H3. The van der Waals surface area contributed by atoms with Crippen LogP contribution < -0.4 is 5.32 Å². The lowest BCUT2D eigenvalue weighted by atomic mass is 10.0. The van der Waals surface area contributed by atoms with Gasteiger partial charge in [0.1, 0.15) is 5.82 Å². The van der Waals surface area contributed by atoms with Crippen LogP contribution in [0.3, 0.4) is 0 Å². The SMILES string of the molecule is CCCNCCc1c(CC)nc(CSCCC)nc1CC. The first-order valence-electron chi connectivity index (χ1n) is 8.42. The maximum atomic E-state index is 4.81. The number of nitrogens with one attached hydrogen (secondary N) is 1. The fourth-order valence-electron chi connectivity index (χ4n) is 2.40. The Bertz CT molecular complexity index is 382. The smallest absolute Gasteiger partial charge is 0.138 e. The summed E-state index contributed by atoms with van der Waals surface area (Å²) in [6.07, 6.45) is 5.46. The van der Waals surface area contributed by atoms with Crippen LogP contribution in [0.25, 0.3) is 0 Å². The molecule has 0 aromatic carbocycles. The van der Waals surface area contributed by atoms with Gasteiger partial charge in [0.2, 0.25) is 0 Å². The average Bonchev–Trinajstić information content (AvgIpc) is 2.51. The van der Waals surface area contributed by atoms with E-state index in [0.29, 0.717) is 0 Å². The van der Waals surface area contributed by atoms with Crippen LogP contribution in [0, 0.1) is 0 Å². The van der Waals surface area contributed by atoms with Gasteiger partial charge in [-0.2, -0.15) is 11.8 Å². The van der Waals surface area contributed by atoms with Gasteiger partial charge in [-0.3, -0.25) is 0 Å². The molecule has 0 saturated carbocycles. The molecule has 21 heavy (non-hydrogen) atoms. The topological polar surface area (TPSA) is 37.8 Å². The fourth-order valence-corrected chi connectivity index (χ4v) is 3.14. The Balaban J connectivity index is 2.80. The van der Waals surface area contributed by atoms with Crippen molar-refractivity contribution in [3.05, 3.63) is 22.8 Å². The number of aromatic nitrogens is 2. The quantitative estimate of drug-likeness (QED) is 0.631. The number of nitrogens with zero attached hydrogens (tertiary/aromatic N) is 2. The van der Waals surface area contributed by atoms with Crippen LogP contribution in [0.5, 0.6) is 0 Å². The molecular weight excluding hydrogens is 278 g/mol. The summed E-state index contributed by atoms with van der Waals surface area (Å²) < 4.78 is 0. The summed E-state index contributed by atoms with van der Waals surface area (Å²) >= 11 is 1.94. The number of thioether (sulfide) groups is 1. The van der Waals surface area contributed by atoms with E-state index in [9.17, 15) is 0 Å². The van der Waals surface area contributed by atoms with Crippen molar-refractivity contribution >= 4 is 11.8 Å². The van der Waals surface area contributed by atoms with E-state index < -0.39 is 0 Å². The summed E-state index contributed by atoms with van der Waals surface area (Å²) in [5, 5.41) is 3.48. The molecule has 3 nitrogen and oxygen atoms in total. The monoisotopic (exact) mass is 309 g/mol. The van der Waals surface area contributed by atoms with Crippen LogP contribution in [-0.2, 0) is 25.0 Å². The Labute approximate surface area is 134 Å². The lowest BCUT2D eigenvalue weighted by Crippen LogP contribution is -2.20. The minimum atomic E-state index is 0.947. The molecule has 0 amide bonds. The molecule has 0 fully saturated rings. The van der Waals surface area contributed by atoms with Gasteiger partial charge in [0, 0.05) is 11.4 Å². The van der Waals surface area contributed by atoms with Gasteiger partial charge < -0.3 is 5.32 Å². The largest absolute Gasteiger partial charge is 0.316 e. The first kappa shape index (κ1) is 18.4. The summed E-state index contributed by atoms with van der Waals surface area (Å²) in [5.41, 5.74) is 3.90. The lowest BCUT2D eigenvalue weighted by molar-refractivity contribution is 0.661. The molecule has 0 radical (unpaired) electrons. The van der Waals surface area contributed by atoms with Gasteiger partial charge in [-0.25, -0.2) is 9.97 Å². The van der Waals surface area contributed by atoms with Crippen LogP contribution in [0.2, 0.25) is 0 Å². The predicted molar refractivity (Wildman–Crippen MR) is 94.1 cm³/mol. The first-order chi connectivity index (χ1) is 10.3. The van der Waals surface area contributed by atoms with E-state index in [1.807, 2.05) is 11.8 Å². The molecule has 0 aliphatic carbocycles. The number of aryl methyl sites for hydroxylation is 2. The molecule has 0 saturated heterocycles. The second kappa shape index (κ2) is 11.0. The third-order valence-corrected chi connectivity index (χ3v) is 4.61. The van der Waals surface area contributed by atoms with Crippen LogP contribution in [-0.4, -0.2) is 28.8 Å². The molecule has 0 aliphatic heterocycles. The Morgan fingerprint density at radius 1 is 0.905 bits per heavy atom. The molecule has 1 heterocycles. The minimum absolute atomic E-state index is 0.947. The van der Waals surface area contributed by atoms with Crippen molar-refractivity contribution in [3.63, 3.8) is 0 Å². The van der Waals surface area contributed by atoms with Gasteiger partial charge in [0.05, 0.1) is 5.75 Å². The summed E-state index contributed by atoms with van der Waals surface area (Å²) in [6, 6.07) is 0. The highest BCUT2D eigenvalue weighted by atomic mass is 32.2. The normalized spacial score (nSPS) is 11.0. The number of hydrogen-bond acceptors (Lipinski definition) is 4. The lowest BCUT2D eigenvalue weighted by Gasteiger charge is -2.14. The molecule has 0 bridgehead atoms. The van der Waals surface area contributed by atoms with Gasteiger partial charge in [0.25, 0.3) is 0 Å². The summed E-state index contributed by atoms with van der Waals surface area (Å²) in [7, 11) is 0. The molecule has 0 unspecified atom stereocenters. The van der Waals surface area contributed by atoms with Crippen molar-refractivity contribution in [1.29, 1.82) is 0 Å². The van der Waals surface area contributed by atoms with Crippen LogP contribution in [0.15, 0.2) is 0 Å². The zero-order chi connectivity index (χ0) is 15.5. The Morgan fingerprint density at radius 3 is 2.10 bits per heavy atom. The Kier molecular flexibility index (Phi) is 9.68. The fraction of sp³-hybridized carbons (Fsp3) is 0.765. The van der Waals surface area contributed by atoms with E-state index in [1.54, 1.807) is 0 Å². The van der Waals surface area contributed by atoms with Crippen molar-refractivity contribution in [2.24, 2.45) is 0 Å². The second-order valence-electron chi connectivity index (χ2n) is 5.27.